The molecule has 5 heteroatoms. The highest BCUT2D eigenvalue weighted by molar-refractivity contribution is 6.31. The number of hydrogen-bond acceptors (Lipinski definition) is 2. The highest BCUT2D eigenvalue weighted by atomic mass is 35.5. The minimum Gasteiger partial charge on any atom is -0.506 e. The molecule has 82 valence electrons. The van der Waals surface area contributed by atoms with Crippen molar-refractivity contribution in [1.29, 1.82) is 0 Å². The Hall–Kier alpha value is -1.03. The number of phenolic OH excluding ortho intramolecular Hbond substituents is 1. The first-order chi connectivity index (χ1) is 6.95. The van der Waals surface area contributed by atoms with Crippen LogP contribution in [-0.4, -0.2) is 18.1 Å². The molecule has 2 N–H and O–H groups in total. The van der Waals surface area contributed by atoms with E-state index in [2.05, 4.69) is 5.32 Å². The predicted octanol–water partition coefficient (Wildman–Crippen LogP) is 3.21. The van der Waals surface area contributed by atoms with Crippen LogP contribution in [-0.2, 0) is 0 Å². The van der Waals surface area contributed by atoms with E-state index < -0.39 is 11.8 Å². The van der Waals surface area contributed by atoms with Crippen LogP contribution in [0.4, 0.5) is 14.5 Å². The van der Waals surface area contributed by atoms with Crippen LogP contribution in [0.2, 0.25) is 5.02 Å². The van der Waals surface area contributed by atoms with Crippen molar-refractivity contribution in [1.82, 2.24) is 0 Å². The molecule has 0 aromatic heterocycles. The Balaban J connectivity index is 2.40. The summed E-state index contributed by atoms with van der Waals surface area (Å²) < 4.78 is 25.7. The molecule has 0 radical (unpaired) electrons. The van der Waals surface area contributed by atoms with Crippen molar-refractivity contribution in [2.45, 2.75) is 18.3 Å². The average Bonchev–Trinajstić information content (AvgIpc) is 2.75. The number of nitrogens with one attached hydrogen (secondary N) is 1. The Morgan fingerprint density at radius 1 is 1.53 bits per heavy atom. The molecule has 1 aliphatic carbocycles. The van der Waals surface area contributed by atoms with Crippen molar-refractivity contribution >= 4 is 17.3 Å². The molecule has 0 bridgehead atoms. The molecule has 2 rings (SSSR count). The van der Waals surface area contributed by atoms with E-state index in [1.54, 1.807) is 7.05 Å². The molecule has 0 aliphatic heterocycles. The molecule has 0 heterocycles. The molecule has 1 aliphatic rings. The summed E-state index contributed by atoms with van der Waals surface area (Å²) in [5.74, 6) is -3.49. The van der Waals surface area contributed by atoms with Crippen molar-refractivity contribution in [2.75, 3.05) is 12.4 Å². The largest absolute Gasteiger partial charge is 0.506 e. The van der Waals surface area contributed by atoms with Gasteiger partial charge in [-0.05, 0) is 11.6 Å². The van der Waals surface area contributed by atoms with Crippen LogP contribution in [0.1, 0.15) is 17.9 Å². The lowest BCUT2D eigenvalue weighted by Crippen LogP contribution is -1.96. The Morgan fingerprint density at radius 2 is 2.13 bits per heavy atom. The maximum Gasteiger partial charge on any atom is 0.255 e. The molecule has 1 aromatic carbocycles. The van der Waals surface area contributed by atoms with Gasteiger partial charge in [-0.1, -0.05) is 11.6 Å². The van der Waals surface area contributed by atoms with Gasteiger partial charge in [0.2, 0.25) is 0 Å². The van der Waals surface area contributed by atoms with Crippen LogP contribution in [0.15, 0.2) is 12.1 Å². The molecular formula is C10H10ClF2NO. The first kappa shape index (κ1) is 10.5. The van der Waals surface area contributed by atoms with Crippen molar-refractivity contribution in [3.05, 3.63) is 22.7 Å². The van der Waals surface area contributed by atoms with Gasteiger partial charge >= 0.3 is 0 Å². The number of phenols is 1. The number of benzene rings is 1. The third-order valence-electron chi connectivity index (χ3n) is 2.59. The van der Waals surface area contributed by atoms with Gasteiger partial charge < -0.3 is 10.4 Å². The fraction of sp³-hybridized carbons (Fsp3) is 0.400. The molecule has 1 saturated carbocycles. The summed E-state index contributed by atoms with van der Waals surface area (Å²) in [6, 6.07) is 2.76. The van der Waals surface area contributed by atoms with E-state index >= 15 is 0 Å². The van der Waals surface area contributed by atoms with E-state index in [0.29, 0.717) is 11.3 Å². The summed E-state index contributed by atoms with van der Waals surface area (Å²) in [5, 5.41) is 12.3. The Bertz CT molecular complexity index is 409. The quantitative estimate of drug-likeness (QED) is 0.769. The van der Waals surface area contributed by atoms with E-state index in [1.165, 1.54) is 12.1 Å². The molecule has 0 spiro atoms. The topological polar surface area (TPSA) is 32.3 Å². The lowest BCUT2D eigenvalue weighted by molar-refractivity contribution is 0.112. The molecule has 1 unspecified atom stereocenters. The first-order valence-electron chi connectivity index (χ1n) is 4.53. The van der Waals surface area contributed by atoms with Crippen LogP contribution in [0.5, 0.6) is 5.75 Å². The molecule has 15 heavy (non-hydrogen) atoms. The number of aromatic hydroxyl groups is 1. The van der Waals surface area contributed by atoms with Gasteiger partial charge in [-0.2, -0.15) is 0 Å². The fourth-order valence-corrected chi connectivity index (χ4v) is 1.89. The molecule has 0 amide bonds. The minimum absolute atomic E-state index is 0.0322. The van der Waals surface area contributed by atoms with E-state index in [9.17, 15) is 13.9 Å². The zero-order chi connectivity index (χ0) is 11.2. The summed E-state index contributed by atoms with van der Waals surface area (Å²) >= 11 is 5.80. The van der Waals surface area contributed by atoms with Gasteiger partial charge in [0.25, 0.3) is 5.92 Å². The van der Waals surface area contributed by atoms with Gasteiger partial charge in [-0.3, -0.25) is 0 Å². The second-order valence-corrected chi connectivity index (χ2v) is 4.07. The summed E-state index contributed by atoms with van der Waals surface area (Å²) in [7, 11) is 1.61. The predicted molar refractivity (Wildman–Crippen MR) is 55.0 cm³/mol. The molecule has 2 nitrogen and oxygen atoms in total. The van der Waals surface area contributed by atoms with Gasteiger partial charge in [0.05, 0.1) is 11.6 Å². The number of anilines is 1. The molecule has 0 saturated heterocycles. The van der Waals surface area contributed by atoms with Gasteiger partial charge in [-0.15, -0.1) is 0 Å². The summed E-state index contributed by atoms with van der Waals surface area (Å²) in [6.07, 6.45) is -0.166. The molecular weight excluding hydrogens is 224 g/mol. The highest BCUT2D eigenvalue weighted by Crippen LogP contribution is 2.57. The van der Waals surface area contributed by atoms with Crippen LogP contribution in [0.3, 0.4) is 0 Å². The maximum atomic E-state index is 12.9. The maximum absolute atomic E-state index is 12.9. The van der Waals surface area contributed by atoms with E-state index in [-0.39, 0.29) is 17.2 Å². The number of alkyl halides is 2. The summed E-state index contributed by atoms with van der Waals surface area (Å²) in [5.41, 5.74) is 0.806. The first-order valence-corrected chi connectivity index (χ1v) is 4.91. The van der Waals surface area contributed by atoms with Gasteiger partial charge in [0.15, 0.2) is 0 Å². The van der Waals surface area contributed by atoms with Gasteiger partial charge in [-0.25, -0.2) is 8.78 Å². The van der Waals surface area contributed by atoms with Gasteiger partial charge in [0.1, 0.15) is 5.75 Å². The highest BCUT2D eigenvalue weighted by Gasteiger charge is 2.58. The SMILES string of the molecule is CNc1cc(C2CC2(F)F)c(Cl)cc1O. The van der Waals surface area contributed by atoms with Crippen LogP contribution < -0.4 is 5.32 Å². The Morgan fingerprint density at radius 3 is 2.60 bits per heavy atom. The fourth-order valence-electron chi connectivity index (χ4n) is 1.60. The zero-order valence-electron chi connectivity index (χ0n) is 8.02. The van der Waals surface area contributed by atoms with Crippen molar-refractivity contribution in [2.24, 2.45) is 0 Å². The third kappa shape index (κ3) is 1.74. The molecule has 1 aromatic rings. The number of hydrogen-bond donors (Lipinski definition) is 2. The average molecular weight is 234 g/mol. The van der Waals surface area contributed by atoms with Crippen LogP contribution >= 0.6 is 11.6 Å². The summed E-state index contributed by atoms with van der Waals surface area (Å²) in [4.78, 5) is 0. The van der Waals surface area contributed by atoms with E-state index in [4.69, 9.17) is 11.6 Å². The van der Waals surface area contributed by atoms with Crippen molar-refractivity contribution in [3.8, 4) is 5.75 Å². The minimum atomic E-state index is -2.65. The van der Waals surface area contributed by atoms with Crippen LogP contribution in [0.25, 0.3) is 0 Å². The smallest absolute Gasteiger partial charge is 0.255 e. The lowest BCUT2D eigenvalue weighted by atomic mass is 10.1. The molecule has 1 fully saturated rings. The van der Waals surface area contributed by atoms with Gasteiger partial charge in [0, 0.05) is 24.6 Å². The zero-order valence-corrected chi connectivity index (χ0v) is 8.78. The lowest BCUT2D eigenvalue weighted by Gasteiger charge is -2.09. The normalized spacial score (nSPS) is 22.5. The monoisotopic (exact) mass is 233 g/mol. The third-order valence-corrected chi connectivity index (χ3v) is 2.91. The standard InChI is InChI=1S/C10H10ClF2NO/c1-14-8-2-5(6-4-10(6,12)13)7(11)3-9(8)15/h2-3,6,14-15H,4H2,1H3. The van der Waals surface area contributed by atoms with Crippen molar-refractivity contribution in [3.63, 3.8) is 0 Å². The van der Waals surface area contributed by atoms with E-state index in [0.717, 1.165) is 0 Å². The molecule has 1 atom stereocenters. The van der Waals surface area contributed by atoms with Crippen molar-refractivity contribution < 1.29 is 13.9 Å². The van der Waals surface area contributed by atoms with Crippen LogP contribution in [0, 0.1) is 0 Å². The Labute approximate surface area is 90.9 Å². The number of rotatable bonds is 2. The van der Waals surface area contributed by atoms with E-state index in [1.807, 2.05) is 0 Å². The Kier molecular flexibility index (Phi) is 2.26. The summed E-state index contributed by atoms with van der Waals surface area (Å²) in [6.45, 7) is 0. The second-order valence-electron chi connectivity index (χ2n) is 3.66. The second kappa shape index (κ2) is 3.23. The number of halogens is 3.